The molecule has 0 aromatic heterocycles. The van der Waals surface area contributed by atoms with Gasteiger partial charge in [-0.05, 0) is 60.7 Å². The molecule has 0 saturated carbocycles. The van der Waals surface area contributed by atoms with Gasteiger partial charge in [0.05, 0.1) is 11.5 Å². The molecule has 188 valence electrons. The zero-order valence-corrected chi connectivity index (χ0v) is 21.6. The largest absolute Gasteiger partial charge is 0.493 e. The molecule has 4 aliphatic rings. The molecular formula is C30H34N2O3S. The Morgan fingerprint density at radius 2 is 1.61 bits per heavy atom. The minimum absolute atomic E-state index is 0.261. The smallest absolute Gasteiger partial charge is 0.175 e. The second-order valence-corrected chi connectivity index (χ2v) is 12.5. The lowest BCUT2D eigenvalue weighted by Gasteiger charge is -2.54. The standard InChI is InChI=1S/C30H34N2O3S/c1-36(33,34)26-18-24-14-17-35-30(24)25(19-26)20-31-28-23-12-15-32(16-13-23)29(28)27(21-8-4-2-5-9-21)22-10-6-3-7-11-22/h2-11,18-19,23,27-29,31H,12-17,20H2,1H3. The van der Waals surface area contributed by atoms with Gasteiger partial charge in [-0.25, -0.2) is 8.42 Å². The van der Waals surface area contributed by atoms with Gasteiger partial charge in [0, 0.05) is 42.8 Å². The molecule has 7 rings (SSSR count). The fourth-order valence-electron chi connectivity index (χ4n) is 6.63. The van der Waals surface area contributed by atoms with Gasteiger partial charge in [0.25, 0.3) is 0 Å². The highest BCUT2D eigenvalue weighted by molar-refractivity contribution is 7.90. The first kappa shape index (κ1) is 23.7. The predicted octanol–water partition coefficient (Wildman–Crippen LogP) is 4.41. The van der Waals surface area contributed by atoms with Crippen LogP contribution < -0.4 is 10.1 Å². The van der Waals surface area contributed by atoms with Crippen LogP contribution >= 0.6 is 0 Å². The van der Waals surface area contributed by atoms with Crippen molar-refractivity contribution in [3.8, 4) is 5.75 Å². The van der Waals surface area contributed by atoms with Crippen LogP contribution in [0, 0.1) is 5.92 Å². The highest BCUT2D eigenvalue weighted by atomic mass is 32.2. The average Bonchev–Trinajstić information content (AvgIpc) is 3.38. The van der Waals surface area contributed by atoms with Gasteiger partial charge in [-0.3, -0.25) is 4.90 Å². The lowest BCUT2D eigenvalue weighted by atomic mass is 9.70. The third-order valence-electron chi connectivity index (χ3n) is 8.32. The summed E-state index contributed by atoms with van der Waals surface area (Å²) in [6.45, 7) is 3.48. The van der Waals surface area contributed by atoms with Crippen LogP contribution in [0.2, 0.25) is 0 Å². The van der Waals surface area contributed by atoms with Crippen molar-refractivity contribution in [2.75, 3.05) is 26.0 Å². The number of hydrogen-bond donors (Lipinski definition) is 1. The number of piperidine rings is 3. The van der Waals surface area contributed by atoms with Crippen LogP contribution in [0.15, 0.2) is 77.7 Å². The third kappa shape index (κ3) is 4.47. The van der Waals surface area contributed by atoms with Crippen molar-refractivity contribution >= 4 is 9.84 Å². The van der Waals surface area contributed by atoms with Crippen LogP contribution in [-0.2, 0) is 22.8 Å². The minimum Gasteiger partial charge on any atom is -0.493 e. The highest BCUT2D eigenvalue weighted by Gasteiger charge is 2.46. The lowest BCUT2D eigenvalue weighted by Crippen LogP contribution is -2.64. The summed E-state index contributed by atoms with van der Waals surface area (Å²) in [5, 5.41) is 3.93. The van der Waals surface area contributed by atoms with E-state index in [9.17, 15) is 8.42 Å². The maximum Gasteiger partial charge on any atom is 0.175 e. The summed E-state index contributed by atoms with van der Waals surface area (Å²) < 4.78 is 30.7. The molecule has 5 nitrogen and oxygen atoms in total. The molecule has 4 aliphatic heterocycles. The Bertz CT molecular complexity index is 1280. The van der Waals surface area contributed by atoms with E-state index in [1.807, 2.05) is 6.07 Å². The second kappa shape index (κ2) is 9.66. The van der Waals surface area contributed by atoms with Gasteiger partial charge in [0.2, 0.25) is 0 Å². The molecule has 2 atom stereocenters. The van der Waals surface area contributed by atoms with E-state index < -0.39 is 9.84 Å². The molecule has 1 N–H and O–H groups in total. The number of nitrogens with zero attached hydrogens (tertiary/aromatic N) is 1. The number of nitrogens with one attached hydrogen (secondary N) is 1. The van der Waals surface area contributed by atoms with E-state index in [4.69, 9.17) is 4.74 Å². The SMILES string of the molecule is CS(=O)(=O)c1cc2c(c(CNC3C4CCN(CC4)C3C(c3ccccc3)c3ccccc3)c1)OCC2. The Kier molecular flexibility index (Phi) is 6.36. The van der Waals surface area contributed by atoms with Gasteiger partial charge in [-0.1, -0.05) is 60.7 Å². The van der Waals surface area contributed by atoms with Crippen LogP contribution in [0.4, 0.5) is 0 Å². The van der Waals surface area contributed by atoms with Gasteiger partial charge >= 0.3 is 0 Å². The quantitative estimate of drug-likeness (QED) is 0.519. The van der Waals surface area contributed by atoms with Gasteiger partial charge in [-0.15, -0.1) is 0 Å². The Morgan fingerprint density at radius 3 is 2.22 bits per heavy atom. The number of ether oxygens (including phenoxy) is 1. The number of fused-ring (bicyclic) bond motifs is 4. The molecule has 36 heavy (non-hydrogen) atoms. The molecule has 0 aliphatic carbocycles. The van der Waals surface area contributed by atoms with Crippen LogP contribution in [0.25, 0.3) is 0 Å². The minimum atomic E-state index is -3.29. The molecule has 0 radical (unpaired) electrons. The maximum absolute atomic E-state index is 12.4. The van der Waals surface area contributed by atoms with Gasteiger partial charge in [-0.2, -0.15) is 0 Å². The van der Waals surface area contributed by atoms with Crippen LogP contribution in [0.5, 0.6) is 5.75 Å². The summed E-state index contributed by atoms with van der Waals surface area (Å²) in [6.07, 6.45) is 4.44. The molecule has 0 spiro atoms. The van der Waals surface area contributed by atoms with Gasteiger partial charge in [0.15, 0.2) is 9.84 Å². The molecule has 2 bridgehead atoms. The fraction of sp³-hybridized carbons (Fsp3) is 0.400. The van der Waals surface area contributed by atoms with Crippen LogP contribution in [0.1, 0.15) is 41.0 Å². The average molecular weight is 503 g/mol. The summed E-state index contributed by atoms with van der Waals surface area (Å²) in [7, 11) is -3.29. The summed E-state index contributed by atoms with van der Waals surface area (Å²) in [6, 6.07) is 26.0. The van der Waals surface area contributed by atoms with Gasteiger partial charge in [0.1, 0.15) is 5.75 Å². The molecule has 4 heterocycles. The van der Waals surface area contributed by atoms with E-state index in [0.717, 1.165) is 36.4 Å². The number of rotatable bonds is 7. The van der Waals surface area contributed by atoms with E-state index in [1.165, 1.54) is 30.2 Å². The molecule has 6 heteroatoms. The van der Waals surface area contributed by atoms with Crippen molar-refractivity contribution < 1.29 is 13.2 Å². The molecule has 0 amide bonds. The van der Waals surface area contributed by atoms with Crippen molar-refractivity contribution in [2.24, 2.45) is 5.92 Å². The van der Waals surface area contributed by atoms with E-state index >= 15 is 0 Å². The number of hydrogen-bond acceptors (Lipinski definition) is 5. The Hall–Kier alpha value is -2.67. The van der Waals surface area contributed by atoms with Crippen LogP contribution in [0.3, 0.4) is 0 Å². The first-order chi connectivity index (χ1) is 17.5. The summed E-state index contributed by atoms with van der Waals surface area (Å²) in [5.74, 6) is 1.73. The van der Waals surface area contributed by atoms with Crippen molar-refractivity contribution in [1.29, 1.82) is 0 Å². The second-order valence-electron chi connectivity index (χ2n) is 10.5. The number of benzene rings is 3. The summed E-state index contributed by atoms with van der Waals surface area (Å²) in [5.41, 5.74) is 4.65. The van der Waals surface area contributed by atoms with E-state index in [2.05, 4.69) is 70.9 Å². The van der Waals surface area contributed by atoms with Crippen LogP contribution in [-0.4, -0.2) is 51.4 Å². The first-order valence-corrected chi connectivity index (χ1v) is 14.9. The monoisotopic (exact) mass is 502 g/mol. The molecule has 3 aromatic carbocycles. The third-order valence-corrected chi connectivity index (χ3v) is 9.41. The topological polar surface area (TPSA) is 58.6 Å². The Labute approximate surface area is 214 Å². The van der Waals surface area contributed by atoms with E-state index in [-0.39, 0.29) is 5.92 Å². The molecule has 3 aromatic rings. The molecule has 3 fully saturated rings. The zero-order chi connectivity index (χ0) is 24.7. The first-order valence-electron chi connectivity index (χ1n) is 13.0. The van der Waals surface area contributed by atoms with Crippen molar-refractivity contribution in [3.63, 3.8) is 0 Å². The molecule has 2 unspecified atom stereocenters. The van der Waals surface area contributed by atoms with Crippen molar-refractivity contribution in [3.05, 3.63) is 95.1 Å². The normalized spacial score (nSPS) is 25.1. The highest BCUT2D eigenvalue weighted by Crippen LogP contribution is 2.42. The van der Waals surface area contributed by atoms with Gasteiger partial charge < -0.3 is 10.1 Å². The predicted molar refractivity (Wildman–Crippen MR) is 142 cm³/mol. The zero-order valence-electron chi connectivity index (χ0n) is 20.8. The Balaban J connectivity index is 1.36. The lowest BCUT2D eigenvalue weighted by molar-refractivity contribution is 0.00461. The summed E-state index contributed by atoms with van der Waals surface area (Å²) in [4.78, 5) is 3.07. The van der Waals surface area contributed by atoms with E-state index in [0.29, 0.717) is 36.0 Å². The maximum atomic E-state index is 12.4. The van der Waals surface area contributed by atoms with Crippen molar-refractivity contribution in [2.45, 2.75) is 48.7 Å². The fourth-order valence-corrected chi connectivity index (χ4v) is 7.34. The summed E-state index contributed by atoms with van der Waals surface area (Å²) >= 11 is 0. The Morgan fingerprint density at radius 1 is 0.972 bits per heavy atom. The van der Waals surface area contributed by atoms with Crippen molar-refractivity contribution in [1.82, 2.24) is 10.2 Å². The van der Waals surface area contributed by atoms with E-state index in [1.54, 1.807) is 6.07 Å². The molecule has 3 saturated heterocycles. The number of sulfone groups is 1. The molecular weight excluding hydrogens is 468 g/mol.